The predicted molar refractivity (Wildman–Crippen MR) is 87.8 cm³/mol. The summed E-state index contributed by atoms with van der Waals surface area (Å²) in [7, 11) is -2.38. The van der Waals surface area contributed by atoms with Crippen LogP contribution in [-0.2, 0) is 23.3 Å². The summed E-state index contributed by atoms with van der Waals surface area (Å²) in [6.07, 6.45) is 0.684. The van der Waals surface area contributed by atoms with Crippen LogP contribution in [0.4, 0.5) is 0 Å². The number of rotatable bonds is 4. The average Bonchev–Trinajstić information content (AvgIpc) is 2.55. The molecule has 0 amide bonds. The van der Waals surface area contributed by atoms with E-state index in [2.05, 4.69) is 0 Å². The monoisotopic (exact) mass is 333 g/mol. The van der Waals surface area contributed by atoms with Crippen molar-refractivity contribution in [2.75, 3.05) is 13.7 Å². The summed E-state index contributed by atoms with van der Waals surface area (Å²) in [4.78, 5) is 0. The van der Waals surface area contributed by atoms with Crippen molar-refractivity contribution in [2.24, 2.45) is 0 Å². The van der Waals surface area contributed by atoms with Gasteiger partial charge in [-0.3, -0.25) is 0 Å². The van der Waals surface area contributed by atoms with Crippen LogP contribution in [0.25, 0.3) is 0 Å². The second-order valence-corrected chi connectivity index (χ2v) is 7.09. The molecule has 6 heteroatoms. The fourth-order valence-corrected chi connectivity index (χ4v) is 3.75. The number of nitrogens with zero attached hydrogens (tertiary/aromatic N) is 1. The van der Waals surface area contributed by atoms with Gasteiger partial charge >= 0.3 is 10.3 Å². The lowest BCUT2D eigenvalue weighted by Crippen LogP contribution is -2.38. The summed E-state index contributed by atoms with van der Waals surface area (Å²) in [5.74, 6) is 0.614. The number of methoxy groups -OCH3 is 1. The number of ether oxygens (including phenoxy) is 1. The van der Waals surface area contributed by atoms with Crippen molar-refractivity contribution < 1.29 is 17.3 Å². The molecule has 0 bridgehead atoms. The molecule has 0 unspecified atom stereocenters. The largest absolute Gasteiger partial charge is 0.493 e. The Labute approximate surface area is 136 Å². The fourth-order valence-electron chi connectivity index (χ4n) is 2.67. The molecule has 0 saturated heterocycles. The van der Waals surface area contributed by atoms with Crippen LogP contribution in [0.2, 0.25) is 0 Å². The van der Waals surface area contributed by atoms with E-state index in [4.69, 9.17) is 8.92 Å². The second-order valence-electron chi connectivity index (χ2n) is 5.55. The van der Waals surface area contributed by atoms with Crippen LogP contribution < -0.4 is 8.92 Å². The molecule has 0 saturated carbocycles. The number of benzene rings is 2. The van der Waals surface area contributed by atoms with Crippen LogP contribution in [0, 0.1) is 6.92 Å². The van der Waals surface area contributed by atoms with Crippen LogP contribution in [0.15, 0.2) is 42.5 Å². The maximum absolute atomic E-state index is 12.6. The van der Waals surface area contributed by atoms with Gasteiger partial charge in [-0.15, -0.1) is 0 Å². The van der Waals surface area contributed by atoms with E-state index in [-0.39, 0.29) is 5.75 Å². The molecule has 122 valence electrons. The topological polar surface area (TPSA) is 55.8 Å². The molecule has 0 N–H and O–H groups in total. The first kappa shape index (κ1) is 15.8. The van der Waals surface area contributed by atoms with Crippen LogP contribution in [0.3, 0.4) is 0 Å². The van der Waals surface area contributed by atoms with Gasteiger partial charge in [0.25, 0.3) is 0 Å². The van der Waals surface area contributed by atoms with E-state index >= 15 is 0 Å². The Balaban J connectivity index is 1.83. The quantitative estimate of drug-likeness (QED) is 0.863. The molecule has 0 aromatic heterocycles. The van der Waals surface area contributed by atoms with Gasteiger partial charge in [0.2, 0.25) is 0 Å². The van der Waals surface area contributed by atoms with Crippen molar-refractivity contribution in [3.63, 3.8) is 0 Å². The summed E-state index contributed by atoms with van der Waals surface area (Å²) in [5.41, 5.74) is 3.17. The molecule has 0 atom stereocenters. The van der Waals surface area contributed by atoms with E-state index in [0.717, 1.165) is 11.1 Å². The highest BCUT2D eigenvalue weighted by Crippen LogP contribution is 2.30. The Morgan fingerprint density at radius 1 is 1.04 bits per heavy atom. The third kappa shape index (κ3) is 3.33. The minimum atomic E-state index is -3.87. The maximum atomic E-state index is 12.6. The summed E-state index contributed by atoms with van der Waals surface area (Å²) in [5, 5.41) is 0. The van der Waals surface area contributed by atoms with Gasteiger partial charge in [-0.1, -0.05) is 30.3 Å². The highest BCUT2D eigenvalue weighted by atomic mass is 32.2. The highest BCUT2D eigenvalue weighted by Gasteiger charge is 2.29. The first-order chi connectivity index (χ1) is 11.0. The molecule has 1 heterocycles. The number of aryl methyl sites for hydroxylation is 1. The van der Waals surface area contributed by atoms with E-state index < -0.39 is 10.3 Å². The van der Waals surface area contributed by atoms with E-state index in [1.807, 2.05) is 31.2 Å². The standard InChI is InChI=1S/C17H19NO4S/c1-13-7-8-16(17(11-13)21-2)22-23(19,20)18-10-9-14-5-3-4-6-15(14)12-18/h3-8,11H,9-10,12H2,1-2H3. The highest BCUT2D eigenvalue weighted by molar-refractivity contribution is 7.84. The van der Waals surface area contributed by atoms with Gasteiger partial charge in [-0.2, -0.15) is 12.7 Å². The van der Waals surface area contributed by atoms with E-state index in [0.29, 0.717) is 25.3 Å². The van der Waals surface area contributed by atoms with Crippen LogP contribution in [-0.4, -0.2) is 26.4 Å². The number of hydrogen-bond acceptors (Lipinski definition) is 4. The predicted octanol–water partition coefficient (Wildman–Crippen LogP) is 2.69. The smallest absolute Gasteiger partial charge is 0.385 e. The Morgan fingerprint density at radius 2 is 1.78 bits per heavy atom. The van der Waals surface area contributed by atoms with Gasteiger partial charge in [0.05, 0.1) is 7.11 Å². The van der Waals surface area contributed by atoms with Crippen LogP contribution in [0.5, 0.6) is 11.5 Å². The lowest BCUT2D eigenvalue weighted by molar-refractivity contribution is 0.331. The molecule has 2 aromatic carbocycles. The van der Waals surface area contributed by atoms with Crippen molar-refractivity contribution in [1.82, 2.24) is 4.31 Å². The molecule has 0 spiro atoms. The van der Waals surface area contributed by atoms with Gasteiger partial charge < -0.3 is 8.92 Å². The maximum Gasteiger partial charge on any atom is 0.385 e. The normalized spacial score (nSPS) is 15.0. The van der Waals surface area contributed by atoms with Gasteiger partial charge in [-0.05, 0) is 42.2 Å². The fraction of sp³-hybridized carbons (Fsp3) is 0.294. The van der Waals surface area contributed by atoms with Crippen molar-refractivity contribution in [1.29, 1.82) is 0 Å². The number of hydrogen-bond donors (Lipinski definition) is 0. The zero-order valence-corrected chi connectivity index (χ0v) is 14.0. The average molecular weight is 333 g/mol. The van der Waals surface area contributed by atoms with Gasteiger partial charge in [0, 0.05) is 13.1 Å². The van der Waals surface area contributed by atoms with E-state index in [1.54, 1.807) is 18.2 Å². The molecule has 23 heavy (non-hydrogen) atoms. The van der Waals surface area contributed by atoms with Crippen LogP contribution in [0.1, 0.15) is 16.7 Å². The van der Waals surface area contributed by atoms with E-state index in [1.165, 1.54) is 17.0 Å². The third-order valence-corrected chi connectivity index (χ3v) is 5.26. The van der Waals surface area contributed by atoms with Gasteiger partial charge in [0.1, 0.15) is 0 Å². The molecule has 0 fully saturated rings. The van der Waals surface area contributed by atoms with Crippen molar-refractivity contribution in [3.05, 3.63) is 59.2 Å². The van der Waals surface area contributed by atoms with Crippen molar-refractivity contribution in [2.45, 2.75) is 19.9 Å². The summed E-state index contributed by atoms with van der Waals surface area (Å²) >= 11 is 0. The molecule has 3 rings (SSSR count). The zero-order chi connectivity index (χ0) is 16.4. The summed E-state index contributed by atoms with van der Waals surface area (Å²) < 4.78 is 37.0. The SMILES string of the molecule is COc1cc(C)ccc1OS(=O)(=O)N1CCc2ccccc2C1. The second kappa shape index (κ2) is 6.22. The lowest BCUT2D eigenvalue weighted by atomic mass is 10.0. The minimum absolute atomic E-state index is 0.206. The molecule has 1 aliphatic heterocycles. The molecular formula is C17H19NO4S. The minimum Gasteiger partial charge on any atom is -0.493 e. The van der Waals surface area contributed by atoms with E-state index in [9.17, 15) is 8.42 Å². The molecule has 0 aliphatic carbocycles. The first-order valence-corrected chi connectivity index (χ1v) is 8.77. The van der Waals surface area contributed by atoms with Crippen molar-refractivity contribution in [3.8, 4) is 11.5 Å². The third-order valence-electron chi connectivity index (χ3n) is 3.93. The Hall–Kier alpha value is -2.05. The molecule has 0 radical (unpaired) electrons. The van der Waals surface area contributed by atoms with Crippen LogP contribution >= 0.6 is 0 Å². The molecule has 1 aliphatic rings. The Kier molecular flexibility index (Phi) is 4.28. The molecular weight excluding hydrogens is 314 g/mol. The lowest BCUT2D eigenvalue weighted by Gasteiger charge is -2.27. The molecule has 2 aromatic rings. The van der Waals surface area contributed by atoms with Crippen molar-refractivity contribution >= 4 is 10.3 Å². The molecule has 5 nitrogen and oxygen atoms in total. The van der Waals surface area contributed by atoms with Gasteiger partial charge in [0.15, 0.2) is 11.5 Å². The Bertz CT molecular complexity index is 817. The summed E-state index contributed by atoms with van der Waals surface area (Å²) in [6.45, 7) is 2.64. The Morgan fingerprint density at radius 3 is 2.52 bits per heavy atom. The zero-order valence-electron chi connectivity index (χ0n) is 13.2. The van der Waals surface area contributed by atoms with Gasteiger partial charge in [-0.25, -0.2) is 0 Å². The number of fused-ring (bicyclic) bond motifs is 1. The first-order valence-electron chi connectivity index (χ1n) is 7.40. The summed E-state index contributed by atoms with van der Waals surface area (Å²) in [6, 6.07) is 13.0.